The lowest BCUT2D eigenvalue weighted by molar-refractivity contribution is 0.249. The van der Waals surface area contributed by atoms with E-state index in [-0.39, 0.29) is 0 Å². The van der Waals surface area contributed by atoms with Gasteiger partial charge in [0.15, 0.2) is 11.6 Å². The van der Waals surface area contributed by atoms with E-state index in [0.717, 1.165) is 44.2 Å². The Hall–Kier alpha value is -3.32. The van der Waals surface area contributed by atoms with Gasteiger partial charge in [-0.1, -0.05) is 48.5 Å². The fourth-order valence-electron chi connectivity index (χ4n) is 3.35. The molecule has 28 heavy (non-hydrogen) atoms. The number of aromatic nitrogens is 2. The third-order valence-electron chi connectivity index (χ3n) is 4.88. The summed E-state index contributed by atoms with van der Waals surface area (Å²) >= 11 is 0. The smallest absolute Gasteiger partial charge is 0.173 e. The highest BCUT2D eigenvalue weighted by Gasteiger charge is 2.21. The molecule has 144 valence electrons. The monoisotopic (exact) mass is 375 g/mol. The van der Waals surface area contributed by atoms with Gasteiger partial charge in [0.05, 0.1) is 5.69 Å². The maximum absolute atomic E-state index is 6.35. The summed E-state index contributed by atoms with van der Waals surface area (Å²) in [6.45, 7) is 4.70. The number of anilines is 4. The van der Waals surface area contributed by atoms with Gasteiger partial charge in [-0.15, -0.1) is 0 Å². The average Bonchev–Trinajstić information content (AvgIpc) is 2.75. The zero-order valence-electron chi connectivity index (χ0n) is 15.8. The molecule has 0 bridgehead atoms. The zero-order valence-corrected chi connectivity index (χ0v) is 15.8. The molecule has 1 aliphatic rings. The molecule has 0 spiro atoms. The molecule has 1 aromatic heterocycles. The molecule has 2 heterocycles. The van der Waals surface area contributed by atoms with Crippen LogP contribution in [0.25, 0.3) is 0 Å². The fourth-order valence-corrected chi connectivity index (χ4v) is 3.35. The first-order valence-electron chi connectivity index (χ1n) is 9.48. The largest absolute Gasteiger partial charge is 0.393 e. The van der Waals surface area contributed by atoms with E-state index < -0.39 is 0 Å². The molecule has 7 nitrogen and oxygen atoms in total. The first-order valence-corrected chi connectivity index (χ1v) is 9.48. The number of nitrogens with zero attached hydrogens (tertiary/aromatic N) is 4. The van der Waals surface area contributed by atoms with Crippen molar-refractivity contribution in [1.29, 1.82) is 0 Å². The Balaban J connectivity index is 1.37. The van der Waals surface area contributed by atoms with Crippen molar-refractivity contribution >= 4 is 23.0 Å². The van der Waals surface area contributed by atoms with E-state index in [1.165, 1.54) is 5.56 Å². The van der Waals surface area contributed by atoms with Gasteiger partial charge in [0.1, 0.15) is 12.0 Å². The van der Waals surface area contributed by atoms with Gasteiger partial charge < -0.3 is 10.6 Å². The van der Waals surface area contributed by atoms with E-state index >= 15 is 0 Å². The lowest BCUT2D eigenvalue weighted by Crippen LogP contribution is -2.46. The Morgan fingerprint density at radius 3 is 2.21 bits per heavy atom. The van der Waals surface area contributed by atoms with E-state index in [4.69, 9.17) is 5.73 Å². The minimum Gasteiger partial charge on any atom is -0.393 e. The summed E-state index contributed by atoms with van der Waals surface area (Å²) in [5.74, 6) is 1.37. The highest BCUT2D eigenvalue weighted by atomic mass is 15.4. The van der Waals surface area contributed by atoms with Gasteiger partial charge in [-0.2, -0.15) is 0 Å². The topological polar surface area (TPSA) is 82.3 Å². The second-order valence-corrected chi connectivity index (χ2v) is 6.82. The van der Waals surface area contributed by atoms with Crippen molar-refractivity contribution < 1.29 is 0 Å². The molecular weight excluding hydrogens is 350 g/mol. The van der Waals surface area contributed by atoms with E-state index in [9.17, 15) is 0 Å². The quantitative estimate of drug-likeness (QED) is 0.572. The molecule has 1 fully saturated rings. The second kappa shape index (κ2) is 8.58. The van der Waals surface area contributed by atoms with Crippen molar-refractivity contribution in [2.75, 3.05) is 47.7 Å². The van der Waals surface area contributed by atoms with Crippen LogP contribution in [0.4, 0.5) is 23.0 Å². The van der Waals surface area contributed by atoms with Gasteiger partial charge in [0.25, 0.3) is 0 Å². The van der Waals surface area contributed by atoms with Crippen LogP contribution in [0.2, 0.25) is 0 Å². The summed E-state index contributed by atoms with van der Waals surface area (Å²) in [4.78, 5) is 13.4. The standard InChI is InChI=1S/C21H25N7/c22-19-20(26-25-18-9-5-2-6-10-18)23-16-24-21(19)28-13-11-27(12-14-28)15-17-7-3-1-4-8-17/h1-10,16,25H,11-15,22H2,(H,23,24,26). The number of piperazine rings is 1. The summed E-state index contributed by atoms with van der Waals surface area (Å²) < 4.78 is 0. The van der Waals surface area contributed by atoms with Gasteiger partial charge in [0, 0.05) is 32.7 Å². The van der Waals surface area contributed by atoms with Crippen LogP contribution in [0, 0.1) is 0 Å². The van der Waals surface area contributed by atoms with Crippen LogP contribution in [0.5, 0.6) is 0 Å². The maximum atomic E-state index is 6.35. The van der Waals surface area contributed by atoms with Crippen molar-refractivity contribution in [1.82, 2.24) is 14.9 Å². The van der Waals surface area contributed by atoms with Gasteiger partial charge in [-0.05, 0) is 17.7 Å². The van der Waals surface area contributed by atoms with Crippen LogP contribution in [0.15, 0.2) is 67.0 Å². The van der Waals surface area contributed by atoms with Crippen molar-refractivity contribution in [2.24, 2.45) is 0 Å². The first kappa shape index (κ1) is 18.1. The molecule has 0 aliphatic carbocycles. The minimum absolute atomic E-state index is 0.558. The number of hydrazine groups is 1. The molecule has 2 aromatic carbocycles. The Morgan fingerprint density at radius 2 is 1.50 bits per heavy atom. The Morgan fingerprint density at radius 1 is 0.821 bits per heavy atom. The third-order valence-corrected chi connectivity index (χ3v) is 4.88. The van der Waals surface area contributed by atoms with E-state index in [0.29, 0.717) is 11.5 Å². The summed E-state index contributed by atoms with van der Waals surface area (Å²) in [6, 6.07) is 20.4. The fraction of sp³-hybridized carbons (Fsp3) is 0.238. The van der Waals surface area contributed by atoms with Crippen molar-refractivity contribution in [3.8, 4) is 0 Å². The molecule has 0 amide bonds. The minimum atomic E-state index is 0.558. The average molecular weight is 375 g/mol. The highest BCUT2D eigenvalue weighted by Crippen LogP contribution is 2.27. The Bertz CT molecular complexity index is 878. The SMILES string of the molecule is Nc1c(NNc2ccccc2)ncnc1N1CCN(Cc2ccccc2)CC1. The van der Waals surface area contributed by atoms with Crippen LogP contribution in [-0.2, 0) is 6.54 Å². The van der Waals surface area contributed by atoms with Crippen LogP contribution in [0.3, 0.4) is 0 Å². The molecule has 1 saturated heterocycles. The van der Waals surface area contributed by atoms with Crippen molar-refractivity contribution in [2.45, 2.75) is 6.54 Å². The third kappa shape index (κ3) is 4.32. The molecule has 3 aromatic rings. The number of hydrogen-bond acceptors (Lipinski definition) is 7. The zero-order chi connectivity index (χ0) is 19.2. The van der Waals surface area contributed by atoms with Gasteiger partial charge >= 0.3 is 0 Å². The lowest BCUT2D eigenvalue weighted by atomic mass is 10.2. The van der Waals surface area contributed by atoms with Crippen molar-refractivity contribution in [3.05, 3.63) is 72.6 Å². The lowest BCUT2D eigenvalue weighted by Gasteiger charge is -2.36. The summed E-state index contributed by atoms with van der Waals surface area (Å²) in [7, 11) is 0. The number of nitrogens with one attached hydrogen (secondary N) is 2. The molecular formula is C21H25N7. The molecule has 0 atom stereocenters. The highest BCUT2D eigenvalue weighted by molar-refractivity contribution is 5.75. The number of benzene rings is 2. The van der Waals surface area contributed by atoms with Crippen LogP contribution < -0.4 is 21.5 Å². The molecule has 0 saturated carbocycles. The first-order chi connectivity index (χ1) is 13.8. The van der Waals surface area contributed by atoms with E-state index in [1.807, 2.05) is 30.3 Å². The number of rotatable bonds is 6. The summed E-state index contributed by atoms with van der Waals surface area (Å²) in [6.07, 6.45) is 1.55. The second-order valence-electron chi connectivity index (χ2n) is 6.82. The summed E-state index contributed by atoms with van der Waals surface area (Å²) in [5, 5.41) is 0. The molecule has 1 aliphatic heterocycles. The number of nitrogens with two attached hydrogens (primary N) is 1. The predicted molar refractivity (Wildman–Crippen MR) is 114 cm³/mol. The van der Waals surface area contributed by atoms with E-state index in [2.05, 4.69) is 61.0 Å². The Kier molecular flexibility index (Phi) is 5.53. The molecule has 7 heteroatoms. The predicted octanol–water partition coefficient (Wildman–Crippen LogP) is 2.82. The van der Waals surface area contributed by atoms with E-state index in [1.54, 1.807) is 6.33 Å². The molecule has 4 N–H and O–H groups in total. The van der Waals surface area contributed by atoms with Gasteiger partial charge in [-0.25, -0.2) is 9.97 Å². The van der Waals surface area contributed by atoms with Gasteiger partial charge in [-0.3, -0.25) is 15.8 Å². The number of hydrogen-bond donors (Lipinski definition) is 3. The van der Waals surface area contributed by atoms with Crippen LogP contribution in [-0.4, -0.2) is 41.0 Å². The van der Waals surface area contributed by atoms with Gasteiger partial charge in [0.2, 0.25) is 0 Å². The summed E-state index contributed by atoms with van der Waals surface area (Å²) in [5.41, 5.74) is 15.4. The number of para-hydroxylation sites is 1. The maximum Gasteiger partial charge on any atom is 0.173 e. The molecule has 0 radical (unpaired) electrons. The molecule has 0 unspecified atom stereocenters. The normalized spacial score (nSPS) is 14.6. The Labute approximate surface area is 165 Å². The molecule has 4 rings (SSSR count). The number of nitrogen functional groups attached to an aromatic ring is 1. The van der Waals surface area contributed by atoms with Crippen LogP contribution >= 0.6 is 0 Å². The van der Waals surface area contributed by atoms with Crippen LogP contribution in [0.1, 0.15) is 5.56 Å². The van der Waals surface area contributed by atoms with Crippen molar-refractivity contribution in [3.63, 3.8) is 0 Å².